The number of hydrogen-bond acceptors (Lipinski definition) is 2. The lowest BCUT2D eigenvalue weighted by molar-refractivity contribution is 0.660. The second kappa shape index (κ2) is 8.89. The van der Waals surface area contributed by atoms with Crippen LogP contribution in [0.1, 0.15) is 61.1 Å². The monoisotopic (exact) mass is 578 g/mol. The average molecular weight is 579 g/mol. The first-order valence-corrected chi connectivity index (χ1v) is 16.5. The van der Waals surface area contributed by atoms with E-state index in [1.54, 1.807) is 0 Å². The molecule has 0 spiro atoms. The van der Waals surface area contributed by atoms with E-state index in [1.165, 1.54) is 86.3 Å². The minimum absolute atomic E-state index is 0.0140. The van der Waals surface area contributed by atoms with Crippen LogP contribution in [-0.2, 0) is 10.8 Å². The Morgan fingerprint density at radius 2 is 0.714 bits per heavy atom. The second-order valence-corrected chi connectivity index (χ2v) is 15.4. The zero-order valence-corrected chi connectivity index (χ0v) is 26.7. The molecule has 2 aromatic heterocycles. The molecular formula is C40H34S2. The summed E-state index contributed by atoms with van der Waals surface area (Å²) in [6.45, 7) is 13.9. The number of aryl methyl sites for hydroxylation is 2. The van der Waals surface area contributed by atoms with Crippen LogP contribution in [0, 0.1) is 13.8 Å². The van der Waals surface area contributed by atoms with Gasteiger partial charge in [0.1, 0.15) is 0 Å². The van der Waals surface area contributed by atoms with Gasteiger partial charge in [0.05, 0.1) is 0 Å². The van der Waals surface area contributed by atoms with E-state index in [4.69, 9.17) is 0 Å². The molecule has 2 heteroatoms. The summed E-state index contributed by atoms with van der Waals surface area (Å²) in [4.78, 5) is 5.34. The molecule has 206 valence electrons. The Hall–Kier alpha value is -3.72. The highest BCUT2D eigenvalue weighted by atomic mass is 32.1. The molecule has 0 N–H and O–H groups in total. The zero-order valence-electron chi connectivity index (χ0n) is 25.1. The SMILES string of the molecule is Cc1ccc2c(c1)C(C)(C)c1cc(-c3ccc(-c4ccc(-c5ccc6c(c5)C(C)(C)c5cc(C)ccc5-6)s4)s3)ccc1-2. The molecule has 0 fully saturated rings. The lowest BCUT2D eigenvalue weighted by Gasteiger charge is -2.22. The number of thiophene rings is 2. The fraction of sp³-hybridized carbons (Fsp3) is 0.200. The van der Waals surface area contributed by atoms with E-state index in [1.807, 2.05) is 22.7 Å². The van der Waals surface area contributed by atoms with Crippen molar-refractivity contribution in [2.75, 3.05) is 0 Å². The number of fused-ring (bicyclic) bond motifs is 6. The normalized spacial score (nSPS) is 15.3. The fourth-order valence-electron chi connectivity index (χ4n) is 7.26. The lowest BCUT2D eigenvalue weighted by atomic mass is 9.81. The van der Waals surface area contributed by atoms with Crippen LogP contribution in [-0.4, -0.2) is 0 Å². The van der Waals surface area contributed by atoms with Crippen molar-refractivity contribution in [2.24, 2.45) is 0 Å². The van der Waals surface area contributed by atoms with Crippen LogP contribution in [0.5, 0.6) is 0 Å². The van der Waals surface area contributed by atoms with Crippen molar-refractivity contribution in [2.45, 2.75) is 52.4 Å². The summed E-state index contributed by atoms with van der Waals surface area (Å²) >= 11 is 3.81. The molecule has 0 aliphatic heterocycles. The fourth-order valence-corrected chi connectivity index (χ4v) is 9.36. The molecule has 0 radical (unpaired) electrons. The van der Waals surface area contributed by atoms with Crippen LogP contribution in [0.2, 0.25) is 0 Å². The quantitative estimate of drug-likeness (QED) is 0.196. The Morgan fingerprint density at radius 1 is 0.381 bits per heavy atom. The van der Waals surface area contributed by atoms with Crippen LogP contribution < -0.4 is 0 Å². The minimum Gasteiger partial charge on any atom is -0.134 e. The van der Waals surface area contributed by atoms with Crippen molar-refractivity contribution in [3.63, 3.8) is 0 Å². The van der Waals surface area contributed by atoms with E-state index >= 15 is 0 Å². The van der Waals surface area contributed by atoms with Gasteiger partial charge in [0.2, 0.25) is 0 Å². The predicted molar refractivity (Wildman–Crippen MR) is 183 cm³/mol. The molecule has 6 aromatic rings. The van der Waals surface area contributed by atoms with Gasteiger partial charge in [-0.3, -0.25) is 0 Å². The molecule has 0 saturated heterocycles. The summed E-state index contributed by atoms with van der Waals surface area (Å²) in [5.74, 6) is 0. The van der Waals surface area contributed by atoms with E-state index in [9.17, 15) is 0 Å². The maximum absolute atomic E-state index is 2.44. The first kappa shape index (κ1) is 25.9. The lowest BCUT2D eigenvalue weighted by Crippen LogP contribution is -2.15. The van der Waals surface area contributed by atoms with Gasteiger partial charge in [-0.25, -0.2) is 0 Å². The van der Waals surface area contributed by atoms with E-state index in [-0.39, 0.29) is 10.8 Å². The van der Waals surface area contributed by atoms with Gasteiger partial charge < -0.3 is 0 Å². The Labute approximate surface area is 257 Å². The van der Waals surface area contributed by atoms with E-state index in [0.29, 0.717) is 0 Å². The third-order valence-electron chi connectivity index (χ3n) is 9.69. The second-order valence-electron chi connectivity index (χ2n) is 13.2. The molecule has 2 heterocycles. The molecule has 4 aromatic carbocycles. The third-order valence-corrected chi connectivity index (χ3v) is 12.2. The Morgan fingerprint density at radius 3 is 1.12 bits per heavy atom. The first-order valence-electron chi connectivity index (χ1n) is 14.8. The Bertz CT molecular complexity index is 1910. The number of benzene rings is 4. The van der Waals surface area contributed by atoms with Gasteiger partial charge >= 0.3 is 0 Å². The third kappa shape index (κ3) is 3.71. The Kier molecular flexibility index (Phi) is 5.49. The summed E-state index contributed by atoms with van der Waals surface area (Å²) in [5, 5.41) is 0. The molecule has 0 atom stereocenters. The molecule has 8 rings (SSSR count). The standard InChI is InChI=1S/C40H34S2/c1-23-7-11-27-29-13-9-25(21-33(29)39(3,4)31(27)19-23)35-15-17-37(41-35)38-18-16-36(42-38)26-10-14-30-28-12-8-24(2)20-32(28)40(5,6)34(30)22-26/h7-22H,1-6H3. The average Bonchev–Trinajstić information content (AvgIpc) is 3.74. The first-order chi connectivity index (χ1) is 20.1. The van der Waals surface area contributed by atoms with Crippen LogP contribution in [0.25, 0.3) is 52.9 Å². The summed E-state index contributed by atoms with van der Waals surface area (Å²) in [7, 11) is 0. The van der Waals surface area contributed by atoms with E-state index in [0.717, 1.165) is 0 Å². The summed E-state index contributed by atoms with van der Waals surface area (Å²) in [6, 6.07) is 37.2. The molecule has 2 aliphatic rings. The largest absolute Gasteiger partial charge is 0.134 e. The van der Waals surface area contributed by atoms with E-state index < -0.39 is 0 Å². The molecule has 0 unspecified atom stereocenters. The van der Waals surface area contributed by atoms with Gasteiger partial charge in [-0.15, -0.1) is 22.7 Å². The molecule has 0 saturated carbocycles. The summed E-state index contributed by atoms with van der Waals surface area (Å²) in [6.07, 6.45) is 0. The van der Waals surface area contributed by atoms with Gasteiger partial charge in [-0.05, 0) is 106 Å². The van der Waals surface area contributed by atoms with Gasteiger partial charge in [-0.1, -0.05) is 99.5 Å². The minimum atomic E-state index is 0.0140. The summed E-state index contributed by atoms with van der Waals surface area (Å²) < 4.78 is 0. The van der Waals surface area contributed by atoms with Crippen LogP contribution >= 0.6 is 22.7 Å². The molecular weight excluding hydrogens is 545 g/mol. The number of rotatable bonds is 3. The van der Waals surface area contributed by atoms with Crippen LogP contribution in [0.3, 0.4) is 0 Å². The highest BCUT2D eigenvalue weighted by Crippen LogP contribution is 2.52. The molecule has 0 amide bonds. The zero-order chi connectivity index (χ0) is 29.0. The smallest absolute Gasteiger partial charge is 0.0449 e. The van der Waals surface area contributed by atoms with Crippen LogP contribution in [0.4, 0.5) is 0 Å². The van der Waals surface area contributed by atoms with Crippen molar-refractivity contribution < 1.29 is 0 Å². The molecule has 2 aliphatic carbocycles. The maximum Gasteiger partial charge on any atom is 0.0449 e. The van der Waals surface area contributed by atoms with Gasteiger partial charge in [0, 0.05) is 30.3 Å². The number of hydrogen-bond donors (Lipinski definition) is 0. The van der Waals surface area contributed by atoms with E-state index in [2.05, 4.69) is 139 Å². The van der Waals surface area contributed by atoms with Gasteiger partial charge in [-0.2, -0.15) is 0 Å². The molecule has 0 bridgehead atoms. The maximum atomic E-state index is 2.44. The molecule has 42 heavy (non-hydrogen) atoms. The molecule has 0 nitrogen and oxygen atoms in total. The van der Waals surface area contributed by atoms with Gasteiger partial charge in [0.25, 0.3) is 0 Å². The van der Waals surface area contributed by atoms with Gasteiger partial charge in [0.15, 0.2) is 0 Å². The van der Waals surface area contributed by atoms with Crippen molar-refractivity contribution in [1.82, 2.24) is 0 Å². The van der Waals surface area contributed by atoms with Crippen molar-refractivity contribution in [3.8, 4) is 52.9 Å². The van der Waals surface area contributed by atoms with Crippen LogP contribution in [0.15, 0.2) is 97.1 Å². The highest BCUT2D eigenvalue weighted by molar-refractivity contribution is 7.25. The Balaban J connectivity index is 1.11. The van der Waals surface area contributed by atoms with Crippen molar-refractivity contribution in [3.05, 3.63) is 130 Å². The van der Waals surface area contributed by atoms with Crippen molar-refractivity contribution in [1.29, 1.82) is 0 Å². The predicted octanol–water partition coefficient (Wildman–Crippen LogP) is 12.0. The topological polar surface area (TPSA) is 0 Å². The highest BCUT2D eigenvalue weighted by Gasteiger charge is 2.36. The summed E-state index contributed by atoms with van der Waals surface area (Å²) in [5.41, 5.74) is 16.6. The van der Waals surface area contributed by atoms with Crippen molar-refractivity contribution >= 4 is 22.7 Å².